The Hall–Kier alpha value is -2.65. The lowest BCUT2D eigenvalue weighted by atomic mass is 10.2. The zero-order valence-electron chi connectivity index (χ0n) is 12.9. The Morgan fingerprint density at radius 1 is 1.28 bits per heavy atom. The van der Waals surface area contributed by atoms with Gasteiger partial charge in [0.15, 0.2) is 0 Å². The molecule has 0 radical (unpaired) electrons. The molecule has 132 valence electrons. The molecule has 2 aromatic rings. The minimum atomic E-state index is -4.36. The number of nitro groups is 1. The Morgan fingerprint density at radius 2 is 1.96 bits per heavy atom. The Kier molecular flexibility index (Phi) is 5.29. The fourth-order valence-corrected chi connectivity index (χ4v) is 3.84. The second kappa shape index (κ2) is 7.08. The molecule has 0 amide bonds. The van der Waals surface area contributed by atoms with Crippen LogP contribution in [0.3, 0.4) is 0 Å². The summed E-state index contributed by atoms with van der Waals surface area (Å²) >= 11 is 5.90. The van der Waals surface area contributed by atoms with Crippen LogP contribution < -0.4 is 4.31 Å². The normalized spacial score (nSPS) is 11.1. The number of benzene rings is 2. The Labute approximate surface area is 148 Å². The van der Waals surface area contributed by atoms with Crippen LogP contribution in [0.5, 0.6) is 0 Å². The van der Waals surface area contributed by atoms with E-state index in [1.54, 1.807) is 19.1 Å². The van der Waals surface area contributed by atoms with Crippen molar-refractivity contribution in [1.82, 2.24) is 0 Å². The van der Waals surface area contributed by atoms with E-state index in [9.17, 15) is 23.3 Å². The van der Waals surface area contributed by atoms with Crippen LogP contribution in [0, 0.1) is 17.0 Å². The van der Waals surface area contributed by atoms with Gasteiger partial charge >= 0.3 is 5.97 Å². The molecule has 0 aliphatic carbocycles. The monoisotopic (exact) mass is 384 g/mol. The van der Waals surface area contributed by atoms with Crippen LogP contribution in [-0.4, -0.2) is 31.0 Å². The van der Waals surface area contributed by atoms with E-state index < -0.39 is 33.1 Å². The number of carbonyl (C=O) groups is 1. The Balaban J connectivity index is 2.64. The highest BCUT2D eigenvalue weighted by molar-refractivity contribution is 7.92. The molecular weight excluding hydrogens is 372 g/mol. The summed E-state index contributed by atoms with van der Waals surface area (Å²) in [7, 11) is -4.36. The molecule has 2 rings (SSSR count). The Morgan fingerprint density at radius 3 is 2.56 bits per heavy atom. The van der Waals surface area contributed by atoms with E-state index in [0.717, 1.165) is 18.2 Å². The van der Waals surface area contributed by atoms with Gasteiger partial charge < -0.3 is 5.11 Å². The number of nitro benzene ring substituents is 1. The van der Waals surface area contributed by atoms with Crippen molar-refractivity contribution >= 4 is 39.0 Å². The third kappa shape index (κ3) is 4.06. The number of nitrogens with zero attached hydrogens (tertiary/aromatic N) is 2. The number of non-ortho nitro benzene ring substituents is 1. The van der Waals surface area contributed by atoms with Crippen molar-refractivity contribution < 1.29 is 23.2 Å². The molecule has 10 heteroatoms. The molecule has 0 bridgehead atoms. The van der Waals surface area contributed by atoms with Gasteiger partial charge in [0, 0.05) is 17.2 Å². The third-order valence-electron chi connectivity index (χ3n) is 3.34. The summed E-state index contributed by atoms with van der Waals surface area (Å²) in [6.07, 6.45) is 0. The lowest BCUT2D eigenvalue weighted by Gasteiger charge is -2.24. The van der Waals surface area contributed by atoms with Gasteiger partial charge in [-0.05, 0) is 30.7 Å². The van der Waals surface area contributed by atoms with Gasteiger partial charge in [-0.15, -0.1) is 0 Å². The molecule has 2 aromatic carbocycles. The number of aryl methyl sites for hydroxylation is 1. The molecule has 0 spiro atoms. The van der Waals surface area contributed by atoms with Crippen molar-refractivity contribution in [2.75, 3.05) is 10.8 Å². The second-order valence-electron chi connectivity index (χ2n) is 5.09. The van der Waals surface area contributed by atoms with E-state index in [-0.39, 0.29) is 15.6 Å². The quantitative estimate of drug-likeness (QED) is 0.604. The van der Waals surface area contributed by atoms with E-state index in [2.05, 4.69) is 0 Å². The average molecular weight is 385 g/mol. The van der Waals surface area contributed by atoms with Gasteiger partial charge in [0.25, 0.3) is 15.7 Å². The van der Waals surface area contributed by atoms with Crippen molar-refractivity contribution in [3.63, 3.8) is 0 Å². The van der Waals surface area contributed by atoms with E-state index in [4.69, 9.17) is 16.7 Å². The number of hydrogen-bond donors (Lipinski definition) is 1. The molecule has 25 heavy (non-hydrogen) atoms. The van der Waals surface area contributed by atoms with Crippen LogP contribution >= 0.6 is 11.6 Å². The summed E-state index contributed by atoms with van der Waals surface area (Å²) in [4.78, 5) is 20.9. The zero-order chi connectivity index (χ0) is 18.8. The molecule has 0 saturated heterocycles. The molecule has 0 aliphatic heterocycles. The second-order valence-corrected chi connectivity index (χ2v) is 7.39. The topological polar surface area (TPSA) is 118 Å². The number of carboxylic acids is 1. The first kappa shape index (κ1) is 18.7. The van der Waals surface area contributed by atoms with E-state index in [0.29, 0.717) is 9.87 Å². The number of rotatable bonds is 6. The number of sulfonamides is 1. The average Bonchev–Trinajstić information content (AvgIpc) is 2.55. The van der Waals surface area contributed by atoms with Crippen LogP contribution in [-0.2, 0) is 14.8 Å². The van der Waals surface area contributed by atoms with Crippen LogP contribution in [0.25, 0.3) is 0 Å². The van der Waals surface area contributed by atoms with E-state index in [1.807, 2.05) is 0 Å². The highest BCUT2D eigenvalue weighted by Gasteiger charge is 2.29. The van der Waals surface area contributed by atoms with Crippen molar-refractivity contribution in [3.05, 3.63) is 63.2 Å². The highest BCUT2D eigenvalue weighted by atomic mass is 35.5. The maximum Gasteiger partial charge on any atom is 0.324 e. The number of halogens is 1. The standard InChI is InChI=1S/C15H13ClN2O6S/c1-10-5-6-11(16)7-14(10)17(9-15(19)20)25(23,24)13-4-2-3-12(8-13)18(21)22/h2-8H,9H2,1H3,(H,19,20). The molecule has 1 N–H and O–H groups in total. The summed E-state index contributed by atoms with van der Waals surface area (Å²) in [6.45, 7) is 0.746. The summed E-state index contributed by atoms with van der Waals surface area (Å²) < 4.78 is 26.5. The van der Waals surface area contributed by atoms with Gasteiger partial charge in [0.2, 0.25) is 0 Å². The number of hydrogen-bond acceptors (Lipinski definition) is 5. The number of carboxylic acid groups (broad SMARTS) is 1. The maximum atomic E-state index is 12.9. The molecule has 0 saturated carbocycles. The van der Waals surface area contributed by atoms with Gasteiger partial charge in [0.1, 0.15) is 6.54 Å². The predicted octanol–water partition coefficient (Wildman–Crippen LogP) is 2.84. The Bertz CT molecular complexity index is 945. The molecular formula is C15H13ClN2O6S. The lowest BCUT2D eigenvalue weighted by molar-refractivity contribution is -0.385. The first-order valence-electron chi connectivity index (χ1n) is 6.88. The summed E-state index contributed by atoms with van der Waals surface area (Å²) in [5.41, 5.74) is 0.153. The fraction of sp³-hybridized carbons (Fsp3) is 0.133. The zero-order valence-corrected chi connectivity index (χ0v) is 14.5. The van der Waals surface area contributed by atoms with Crippen LogP contribution in [0.4, 0.5) is 11.4 Å². The largest absolute Gasteiger partial charge is 0.480 e. The van der Waals surface area contributed by atoms with Crippen LogP contribution in [0.2, 0.25) is 5.02 Å². The maximum absolute atomic E-state index is 12.9. The van der Waals surface area contributed by atoms with Crippen LogP contribution in [0.1, 0.15) is 5.56 Å². The molecule has 0 fully saturated rings. The summed E-state index contributed by atoms with van der Waals surface area (Å²) in [5.74, 6) is -1.38. The van der Waals surface area contributed by atoms with Crippen LogP contribution in [0.15, 0.2) is 47.4 Å². The molecule has 0 aromatic heterocycles. The highest BCUT2D eigenvalue weighted by Crippen LogP contribution is 2.30. The van der Waals surface area contributed by atoms with E-state index >= 15 is 0 Å². The van der Waals surface area contributed by atoms with Crippen molar-refractivity contribution in [2.45, 2.75) is 11.8 Å². The predicted molar refractivity (Wildman–Crippen MR) is 91.5 cm³/mol. The van der Waals surface area contributed by atoms with Crippen molar-refractivity contribution in [3.8, 4) is 0 Å². The lowest BCUT2D eigenvalue weighted by Crippen LogP contribution is -2.36. The molecule has 0 heterocycles. The van der Waals surface area contributed by atoms with Gasteiger partial charge in [0.05, 0.1) is 15.5 Å². The molecule has 0 unspecified atom stereocenters. The van der Waals surface area contributed by atoms with Gasteiger partial charge in [-0.25, -0.2) is 8.42 Å². The fourth-order valence-electron chi connectivity index (χ4n) is 2.16. The number of anilines is 1. The first-order valence-corrected chi connectivity index (χ1v) is 8.70. The minimum Gasteiger partial charge on any atom is -0.480 e. The van der Waals surface area contributed by atoms with Gasteiger partial charge in [-0.3, -0.25) is 19.2 Å². The molecule has 0 atom stereocenters. The molecule has 8 nitrogen and oxygen atoms in total. The summed E-state index contributed by atoms with van der Waals surface area (Å²) in [5, 5.41) is 20.2. The number of aliphatic carboxylic acids is 1. The van der Waals surface area contributed by atoms with Crippen molar-refractivity contribution in [2.24, 2.45) is 0 Å². The first-order chi connectivity index (χ1) is 11.6. The van der Waals surface area contributed by atoms with Crippen molar-refractivity contribution in [1.29, 1.82) is 0 Å². The third-order valence-corrected chi connectivity index (χ3v) is 5.33. The van der Waals surface area contributed by atoms with E-state index in [1.165, 1.54) is 12.1 Å². The van der Waals surface area contributed by atoms with Gasteiger partial charge in [-0.2, -0.15) is 0 Å². The smallest absolute Gasteiger partial charge is 0.324 e. The summed E-state index contributed by atoms with van der Waals surface area (Å²) in [6, 6.07) is 8.82. The SMILES string of the molecule is Cc1ccc(Cl)cc1N(CC(=O)O)S(=O)(=O)c1cccc([N+](=O)[O-])c1. The minimum absolute atomic E-state index is 0.0846. The molecule has 0 aliphatic rings. The van der Waals surface area contributed by atoms with Gasteiger partial charge in [-0.1, -0.05) is 23.7 Å².